The maximum Gasteiger partial charge on any atom is 0.263 e. The molecule has 0 radical (unpaired) electrons. The van der Waals surface area contributed by atoms with Gasteiger partial charge < -0.3 is 5.73 Å². The van der Waals surface area contributed by atoms with Crippen molar-refractivity contribution < 1.29 is 14.8 Å². The van der Waals surface area contributed by atoms with Crippen molar-refractivity contribution in [1.82, 2.24) is 20.4 Å². The first-order valence-corrected chi connectivity index (χ1v) is 10.0. The second kappa shape index (κ2) is 9.16. The Bertz CT molecular complexity index is 1060. The van der Waals surface area contributed by atoms with Gasteiger partial charge >= 0.3 is 0 Å². The second-order valence-electron chi connectivity index (χ2n) is 6.46. The molecule has 156 valence electrons. The van der Waals surface area contributed by atoms with E-state index in [0.29, 0.717) is 26.7 Å². The Morgan fingerprint density at radius 2 is 2.07 bits per heavy atom. The predicted molar refractivity (Wildman–Crippen MR) is 114 cm³/mol. The zero-order chi connectivity index (χ0) is 21.8. The van der Waals surface area contributed by atoms with E-state index < -0.39 is 5.91 Å². The van der Waals surface area contributed by atoms with E-state index in [2.05, 4.69) is 15.0 Å². The number of hydrogen-bond donors (Lipinski definition) is 3. The number of nitrogens with zero attached hydrogens (tertiary/aromatic N) is 4. The lowest BCUT2D eigenvalue weighted by atomic mass is 10.0. The molecular formula is C19H19ClN6O3S. The molecule has 2 aromatic heterocycles. The van der Waals surface area contributed by atoms with E-state index in [-0.39, 0.29) is 24.6 Å². The van der Waals surface area contributed by atoms with E-state index in [9.17, 15) is 9.59 Å². The summed E-state index contributed by atoms with van der Waals surface area (Å²) in [5.74, 6) is 0.105. The normalized spacial score (nSPS) is 10.7. The van der Waals surface area contributed by atoms with Gasteiger partial charge in [-0.25, -0.2) is 20.4 Å². The molecule has 0 aliphatic heterocycles. The van der Waals surface area contributed by atoms with Crippen LogP contribution in [0.2, 0.25) is 5.02 Å². The number of aromatic nitrogens is 3. The number of nitrogens with one attached hydrogen (secondary N) is 1. The highest BCUT2D eigenvalue weighted by Gasteiger charge is 2.22. The Labute approximate surface area is 181 Å². The summed E-state index contributed by atoms with van der Waals surface area (Å²) in [6.07, 6.45) is 1.57. The van der Waals surface area contributed by atoms with Crippen molar-refractivity contribution in [1.29, 1.82) is 0 Å². The molecule has 0 saturated carbocycles. The average Bonchev–Trinajstić information content (AvgIpc) is 3.18. The Morgan fingerprint density at radius 3 is 2.73 bits per heavy atom. The van der Waals surface area contributed by atoms with Gasteiger partial charge in [0.1, 0.15) is 24.0 Å². The Kier molecular flexibility index (Phi) is 6.60. The van der Waals surface area contributed by atoms with Crippen LogP contribution in [0.5, 0.6) is 0 Å². The number of carbonyl (C=O) groups excluding carboxylic acids is 2. The van der Waals surface area contributed by atoms with Crippen LogP contribution >= 0.6 is 22.9 Å². The van der Waals surface area contributed by atoms with Gasteiger partial charge in [0.05, 0.1) is 11.1 Å². The van der Waals surface area contributed by atoms with Gasteiger partial charge in [-0.2, -0.15) is 0 Å². The molecule has 1 amide bonds. The first-order valence-electron chi connectivity index (χ1n) is 8.83. The fourth-order valence-electron chi connectivity index (χ4n) is 2.79. The topological polar surface area (TPSA) is 134 Å². The van der Waals surface area contributed by atoms with E-state index >= 15 is 0 Å². The number of carbonyl (C=O) groups is 2. The van der Waals surface area contributed by atoms with Crippen LogP contribution < -0.4 is 16.1 Å². The van der Waals surface area contributed by atoms with Crippen LogP contribution in [-0.4, -0.2) is 38.4 Å². The standard InChI is InChI=1S/C19H19ClN6O3S/c1-10-4-3-5-13(20)12(10)6-14(27)15-8-22-19(30-15)26(9-18(28)25-29)17-7-16(21)23-11(2)24-17/h3-5,7-8,29H,6,9H2,1-2H3,(H,25,28)(H2,21,23,24). The number of Topliss-reactive ketones (excluding diaryl/α,β-unsaturated/α-hetero) is 1. The number of benzene rings is 1. The molecular weight excluding hydrogens is 428 g/mol. The number of hydroxylamine groups is 1. The van der Waals surface area contributed by atoms with Crippen molar-refractivity contribution in [3.8, 4) is 0 Å². The van der Waals surface area contributed by atoms with Gasteiger partial charge in [-0.15, -0.1) is 0 Å². The maximum absolute atomic E-state index is 12.8. The summed E-state index contributed by atoms with van der Waals surface area (Å²) in [4.78, 5) is 39.0. The number of anilines is 3. The van der Waals surface area contributed by atoms with Crippen molar-refractivity contribution >= 4 is 51.4 Å². The first kappa shape index (κ1) is 21.6. The fourth-order valence-corrected chi connectivity index (χ4v) is 3.95. The van der Waals surface area contributed by atoms with E-state index in [0.717, 1.165) is 22.5 Å². The van der Waals surface area contributed by atoms with Crippen molar-refractivity contribution in [2.75, 3.05) is 17.2 Å². The molecule has 4 N–H and O–H groups in total. The average molecular weight is 447 g/mol. The van der Waals surface area contributed by atoms with E-state index in [1.165, 1.54) is 17.2 Å². The quantitative estimate of drug-likeness (QED) is 0.286. The van der Waals surface area contributed by atoms with Gasteiger partial charge in [0.2, 0.25) is 0 Å². The van der Waals surface area contributed by atoms with Crippen LogP contribution in [0.3, 0.4) is 0 Å². The molecule has 3 aromatic rings. The van der Waals surface area contributed by atoms with Crippen LogP contribution in [0.25, 0.3) is 0 Å². The third-order valence-electron chi connectivity index (χ3n) is 4.24. The first-order chi connectivity index (χ1) is 14.3. The third kappa shape index (κ3) is 4.90. The Hall–Kier alpha value is -3.08. The highest BCUT2D eigenvalue weighted by Crippen LogP contribution is 2.30. The highest BCUT2D eigenvalue weighted by molar-refractivity contribution is 7.17. The minimum absolute atomic E-state index is 0.129. The molecule has 11 heteroatoms. The van der Waals surface area contributed by atoms with E-state index in [4.69, 9.17) is 22.5 Å². The van der Waals surface area contributed by atoms with Gasteiger partial charge in [0.15, 0.2) is 10.9 Å². The Balaban J connectivity index is 1.91. The second-order valence-corrected chi connectivity index (χ2v) is 7.88. The van der Waals surface area contributed by atoms with Crippen molar-refractivity contribution in [3.05, 3.63) is 57.3 Å². The van der Waals surface area contributed by atoms with E-state index in [1.54, 1.807) is 18.5 Å². The number of nitrogens with two attached hydrogens (primary N) is 1. The van der Waals surface area contributed by atoms with Crippen LogP contribution in [0.15, 0.2) is 30.5 Å². The van der Waals surface area contributed by atoms with Crippen molar-refractivity contribution in [2.45, 2.75) is 20.3 Å². The molecule has 0 saturated heterocycles. The van der Waals surface area contributed by atoms with Gasteiger partial charge in [0.25, 0.3) is 5.91 Å². The van der Waals surface area contributed by atoms with Crippen molar-refractivity contribution in [2.24, 2.45) is 0 Å². The van der Waals surface area contributed by atoms with Crippen LogP contribution in [0.4, 0.5) is 16.8 Å². The SMILES string of the molecule is Cc1nc(N)cc(N(CC(=O)NO)c2ncc(C(=O)Cc3c(C)cccc3Cl)s2)n1. The molecule has 9 nitrogen and oxygen atoms in total. The molecule has 3 rings (SSSR count). The summed E-state index contributed by atoms with van der Waals surface area (Å²) in [6, 6.07) is 6.94. The molecule has 2 heterocycles. The van der Waals surface area contributed by atoms with Gasteiger partial charge in [-0.05, 0) is 31.0 Å². The predicted octanol–water partition coefficient (Wildman–Crippen LogP) is 2.85. The summed E-state index contributed by atoms with van der Waals surface area (Å²) >= 11 is 7.33. The molecule has 0 aliphatic carbocycles. The molecule has 0 unspecified atom stereocenters. The number of halogens is 1. The van der Waals surface area contributed by atoms with Gasteiger partial charge in [0, 0.05) is 17.5 Å². The van der Waals surface area contributed by atoms with Gasteiger partial charge in [-0.3, -0.25) is 19.7 Å². The molecule has 0 bridgehead atoms. The van der Waals surface area contributed by atoms with E-state index in [1.807, 2.05) is 19.1 Å². The zero-order valence-electron chi connectivity index (χ0n) is 16.2. The van der Waals surface area contributed by atoms with Gasteiger partial charge in [-0.1, -0.05) is 35.1 Å². The number of aryl methyl sites for hydroxylation is 2. The minimum Gasteiger partial charge on any atom is -0.384 e. The zero-order valence-corrected chi connectivity index (χ0v) is 17.8. The lowest BCUT2D eigenvalue weighted by molar-refractivity contribution is -0.127. The smallest absolute Gasteiger partial charge is 0.263 e. The third-order valence-corrected chi connectivity index (χ3v) is 5.65. The molecule has 0 aliphatic rings. The lowest BCUT2D eigenvalue weighted by Gasteiger charge is -2.20. The number of ketones is 1. The number of hydrogen-bond acceptors (Lipinski definition) is 9. The summed E-state index contributed by atoms with van der Waals surface area (Å²) in [7, 11) is 0. The summed E-state index contributed by atoms with van der Waals surface area (Å²) in [5, 5.41) is 9.80. The van der Waals surface area contributed by atoms with Crippen molar-refractivity contribution in [3.63, 3.8) is 0 Å². The largest absolute Gasteiger partial charge is 0.384 e. The molecule has 30 heavy (non-hydrogen) atoms. The summed E-state index contributed by atoms with van der Waals surface area (Å²) in [5.41, 5.74) is 9.06. The summed E-state index contributed by atoms with van der Waals surface area (Å²) < 4.78 is 0. The number of amides is 1. The number of thiazole rings is 1. The minimum atomic E-state index is -0.681. The maximum atomic E-state index is 12.8. The lowest BCUT2D eigenvalue weighted by Crippen LogP contribution is -2.33. The molecule has 0 fully saturated rings. The molecule has 0 spiro atoms. The fraction of sp³-hybridized carbons (Fsp3) is 0.211. The highest BCUT2D eigenvalue weighted by atomic mass is 35.5. The molecule has 0 atom stereocenters. The van der Waals surface area contributed by atoms with Crippen LogP contribution in [0, 0.1) is 13.8 Å². The summed E-state index contributed by atoms with van der Waals surface area (Å²) in [6.45, 7) is 3.27. The number of nitrogen functional groups attached to an aromatic ring is 1. The van der Waals surface area contributed by atoms with Crippen LogP contribution in [-0.2, 0) is 11.2 Å². The Morgan fingerprint density at radius 1 is 1.30 bits per heavy atom. The monoisotopic (exact) mass is 446 g/mol. The number of rotatable bonds is 7. The van der Waals surface area contributed by atoms with Crippen LogP contribution in [0.1, 0.15) is 26.6 Å². The molecule has 1 aromatic carbocycles.